The van der Waals surface area contributed by atoms with Gasteiger partial charge in [0.15, 0.2) is 5.82 Å². The molecule has 3 aliphatic rings. The second-order valence-corrected chi connectivity index (χ2v) is 14.5. The van der Waals surface area contributed by atoms with Gasteiger partial charge in [-0.2, -0.15) is 4.80 Å². The fourth-order valence-electron chi connectivity index (χ4n) is 8.69. The number of benzene rings is 1. The Morgan fingerprint density at radius 1 is 1.12 bits per heavy atom. The van der Waals surface area contributed by atoms with Crippen molar-refractivity contribution in [3.05, 3.63) is 40.7 Å². The highest BCUT2D eigenvalue weighted by atomic mass is 35.5. The Morgan fingerprint density at radius 2 is 1.83 bits per heavy atom. The predicted molar refractivity (Wildman–Crippen MR) is 160 cm³/mol. The van der Waals surface area contributed by atoms with E-state index < -0.39 is 6.04 Å². The van der Waals surface area contributed by atoms with Crippen molar-refractivity contribution in [2.75, 3.05) is 13.1 Å². The Morgan fingerprint density at radius 3 is 2.37 bits per heavy atom. The number of fused-ring (bicyclic) bond motifs is 1. The third-order valence-electron chi connectivity index (χ3n) is 10.8. The van der Waals surface area contributed by atoms with Crippen LogP contribution < -0.4 is 5.32 Å². The number of aromatic nitrogens is 4. The van der Waals surface area contributed by atoms with Gasteiger partial charge in [-0.25, -0.2) is 0 Å². The number of likely N-dealkylation sites (tertiary alicyclic amines) is 1. The summed E-state index contributed by atoms with van der Waals surface area (Å²) in [6, 6.07) is 7.56. The van der Waals surface area contributed by atoms with E-state index in [0.29, 0.717) is 43.1 Å². The van der Waals surface area contributed by atoms with E-state index in [0.717, 1.165) is 37.1 Å². The molecule has 1 aromatic heterocycles. The van der Waals surface area contributed by atoms with Crippen molar-refractivity contribution in [2.45, 2.75) is 104 Å². The fourth-order valence-corrected chi connectivity index (χ4v) is 8.82. The normalized spacial score (nSPS) is 31.1. The average Bonchev–Trinajstić information content (AvgIpc) is 3.35. The molecule has 1 aromatic carbocycles. The highest BCUT2D eigenvalue weighted by Crippen LogP contribution is 2.72. The van der Waals surface area contributed by atoms with Crippen LogP contribution in [0.4, 0.5) is 0 Å². The van der Waals surface area contributed by atoms with Crippen molar-refractivity contribution in [1.29, 1.82) is 0 Å². The van der Waals surface area contributed by atoms with E-state index in [1.54, 1.807) is 0 Å². The second kappa shape index (κ2) is 11.0. The number of nitrogens with one attached hydrogen (secondary N) is 1. The molecule has 1 saturated heterocycles. The van der Waals surface area contributed by atoms with E-state index in [4.69, 9.17) is 11.6 Å². The molecule has 6 atom stereocenters. The van der Waals surface area contributed by atoms with E-state index in [1.165, 1.54) is 5.56 Å². The lowest BCUT2D eigenvalue weighted by atomic mass is 9.36. The van der Waals surface area contributed by atoms with Crippen molar-refractivity contribution >= 4 is 23.4 Å². The van der Waals surface area contributed by atoms with Crippen LogP contribution in [0, 0.1) is 35.5 Å². The number of tetrazole rings is 1. The highest BCUT2D eigenvalue weighted by molar-refractivity contribution is 6.30. The third-order valence-corrected chi connectivity index (χ3v) is 11.0. The number of rotatable bonds is 9. The largest absolute Gasteiger partial charge is 0.344 e. The Kier molecular flexibility index (Phi) is 8.03. The van der Waals surface area contributed by atoms with Crippen LogP contribution in [0.1, 0.15) is 97.4 Å². The van der Waals surface area contributed by atoms with E-state index in [1.807, 2.05) is 42.6 Å². The molecule has 0 radical (unpaired) electrons. The Labute approximate surface area is 250 Å². The molecule has 5 unspecified atom stereocenters. The van der Waals surface area contributed by atoms with E-state index in [2.05, 4.69) is 60.6 Å². The van der Waals surface area contributed by atoms with Gasteiger partial charge in [0, 0.05) is 24.5 Å². The fraction of sp³-hybridized carbons (Fsp3) is 0.719. The van der Waals surface area contributed by atoms with Crippen LogP contribution in [0.3, 0.4) is 0 Å². The van der Waals surface area contributed by atoms with Gasteiger partial charge in [-0.1, -0.05) is 65.3 Å². The molecule has 2 amide bonds. The van der Waals surface area contributed by atoms with E-state index in [-0.39, 0.29) is 34.1 Å². The predicted octanol–water partition coefficient (Wildman–Crippen LogP) is 5.75. The molecule has 224 valence electrons. The summed E-state index contributed by atoms with van der Waals surface area (Å²) in [5.41, 5.74) is 0.892. The number of nitrogens with zero attached hydrogens (tertiary/aromatic N) is 5. The highest BCUT2D eigenvalue weighted by Gasteiger charge is 2.70. The molecule has 1 aliphatic heterocycles. The van der Waals surface area contributed by atoms with Gasteiger partial charge in [-0.05, 0) is 96.4 Å². The van der Waals surface area contributed by atoms with Gasteiger partial charge >= 0.3 is 0 Å². The first kappa shape index (κ1) is 30.0. The SMILES string of the molecule is CCC1(CC(=O)N[C@@H](C(=O)N2CCC(c3ccc(Cl)cc3)C(C)(C)C2)C(C)C)CC2CC(CC)(n3nnc(C)n3)C21. The van der Waals surface area contributed by atoms with Crippen molar-refractivity contribution < 1.29 is 9.59 Å². The molecule has 2 aromatic rings. The maximum absolute atomic E-state index is 13.9. The molecule has 41 heavy (non-hydrogen) atoms. The van der Waals surface area contributed by atoms with Crippen LogP contribution >= 0.6 is 11.6 Å². The molecule has 9 heteroatoms. The molecule has 0 bridgehead atoms. The minimum atomic E-state index is -0.535. The zero-order valence-electron chi connectivity index (χ0n) is 25.8. The topological polar surface area (TPSA) is 93.0 Å². The van der Waals surface area contributed by atoms with Gasteiger partial charge in [0.1, 0.15) is 6.04 Å². The first-order chi connectivity index (χ1) is 19.4. The number of carbonyl (C=O) groups excluding carboxylic acids is 2. The molecular formula is C32H47ClN6O2. The first-order valence-electron chi connectivity index (χ1n) is 15.5. The maximum atomic E-state index is 13.9. The van der Waals surface area contributed by atoms with Crippen molar-refractivity contribution in [3.63, 3.8) is 0 Å². The summed E-state index contributed by atoms with van der Waals surface area (Å²) in [6.45, 7) is 16.1. The van der Waals surface area contributed by atoms with Crippen LogP contribution in [0.5, 0.6) is 0 Å². The van der Waals surface area contributed by atoms with Crippen LogP contribution in [0.15, 0.2) is 24.3 Å². The van der Waals surface area contributed by atoms with Crippen LogP contribution in [0.25, 0.3) is 0 Å². The summed E-state index contributed by atoms with van der Waals surface area (Å²) in [6.07, 6.45) is 5.24. The Hall–Kier alpha value is -2.48. The summed E-state index contributed by atoms with van der Waals surface area (Å²) in [4.78, 5) is 31.4. The molecule has 8 nitrogen and oxygen atoms in total. The molecule has 0 spiro atoms. The quantitative estimate of drug-likeness (QED) is 0.406. The van der Waals surface area contributed by atoms with Crippen molar-refractivity contribution in [1.82, 2.24) is 30.4 Å². The third kappa shape index (κ3) is 5.19. The first-order valence-corrected chi connectivity index (χ1v) is 15.8. The van der Waals surface area contributed by atoms with Gasteiger partial charge in [0.25, 0.3) is 0 Å². The number of halogens is 1. The lowest BCUT2D eigenvalue weighted by molar-refractivity contribution is -0.227. The smallest absolute Gasteiger partial charge is 0.245 e. The summed E-state index contributed by atoms with van der Waals surface area (Å²) < 4.78 is 0. The summed E-state index contributed by atoms with van der Waals surface area (Å²) in [5.74, 6) is 1.98. The Balaban J connectivity index is 1.26. The number of aryl methyl sites for hydroxylation is 1. The van der Waals surface area contributed by atoms with Crippen LogP contribution in [-0.2, 0) is 15.1 Å². The molecular weight excluding hydrogens is 536 g/mol. The molecule has 1 N–H and O–H groups in total. The van der Waals surface area contributed by atoms with Gasteiger partial charge in [-0.3, -0.25) is 9.59 Å². The van der Waals surface area contributed by atoms with Gasteiger partial charge in [0.2, 0.25) is 11.8 Å². The minimum Gasteiger partial charge on any atom is -0.344 e. The summed E-state index contributed by atoms with van der Waals surface area (Å²) >= 11 is 6.13. The lowest BCUT2D eigenvalue weighted by Crippen LogP contribution is -2.70. The molecule has 5 rings (SSSR count). The minimum absolute atomic E-state index is 0.00368. The number of carbonyl (C=O) groups is 2. The van der Waals surface area contributed by atoms with Crippen molar-refractivity contribution in [3.8, 4) is 0 Å². The molecule has 2 heterocycles. The zero-order chi connectivity index (χ0) is 29.7. The number of piperidine rings is 1. The van der Waals surface area contributed by atoms with Crippen LogP contribution in [-0.4, -0.2) is 56.1 Å². The number of hydrogen-bond donors (Lipinski definition) is 1. The second-order valence-electron chi connectivity index (χ2n) is 14.1. The standard InChI is InChI=1S/C32H47ClN6O2/c1-8-31(16-23-17-32(9-2,28(23)31)39-36-21(5)35-37-39)18-26(40)34-27(20(3)4)29(41)38-15-14-25(30(6,7)19-38)22-10-12-24(33)13-11-22/h10-13,20,23,25,27-28H,8-9,14-19H2,1-7H3,(H,34,40)/t23?,25?,27-,28?,31?,32?/m1/s1. The summed E-state index contributed by atoms with van der Waals surface area (Å²) in [5, 5.41) is 17.1. The van der Waals surface area contributed by atoms with Gasteiger partial charge in [-0.15, -0.1) is 10.2 Å². The maximum Gasteiger partial charge on any atom is 0.245 e. The number of hydrogen-bond acceptors (Lipinski definition) is 5. The van der Waals surface area contributed by atoms with Gasteiger partial charge < -0.3 is 10.2 Å². The van der Waals surface area contributed by atoms with Gasteiger partial charge in [0.05, 0.1) is 5.54 Å². The van der Waals surface area contributed by atoms with Crippen molar-refractivity contribution in [2.24, 2.45) is 28.6 Å². The molecule has 3 fully saturated rings. The van der Waals surface area contributed by atoms with Crippen LogP contribution in [0.2, 0.25) is 5.02 Å². The number of amides is 2. The lowest BCUT2D eigenvalue weighted by Gasteiger charge is -2.70. The average molecular weight is 583 g/mol. The Bertz CT molecular complexity index is 1280. The van der Waals surface area contributed by atoms with E-state index >= 15 is 0 Å². The summed E-state index contributed by atoms with van der Waals surface area (Å²) in [7, 11) is 0. The molecule has 2 aliphatic carbocycles. The molecule has 2 saturated carbocycles. The van der Waals surface area contributed by atoms with E-state index in [9.17, 15) is 9.59 Å². The monoisotopic (exact) mass is 582 g/mol. The zero-order valence-corrected chi connectivity index (χ0v) is 26.5.